The summed E-state index contributed by atoms with van der Waals surface area (Å²) in [5, 5.41) is 17.9. The van der Waals surface area contributed by atoms with Gasteiger partial charge in [0.05, 0.1) is 0 Å². The molecule has 2 aromatic carbocycles. The number of carbonyl (C=O) groups is 1. The third-order valence-electron chi connectivity index (χ3n) is 3.98. The molecule has 0 spiro atoms. The van der Waals surface area contributed by atoms with Gasteiger partial charge in [0.1, 0.15) is 23.1 Å². The van der Waals surface area contributed by atoms with Crippen molar-refractivity contribution in [3.8, 4) is 5.75 Å². The summed E-state index contributed by atoms with van der Waals surface area (Å²) in [5.74, 6) is 0.273. The number of thioether (sulfide) groups is 1. The van der Waals surface area contributed by atoms with Gasteiger partial charge >= 0.3 is 5.97 Å². The molecule has 0 radical (unpaired) electrons. The second-order valence-electron chi connectivity index (χ2n) is 6.33. The predicted molar refractivity (Wildman–Crippen MR) is 119 cm³/mol. The Morgan fingerprint density at radius 3 is 2.83 bits per heavy atom. The third-order valence-corrected chi connectivity index (χ3v) is 5.44. The van der Waals surface area contributed by atoms with Gasteiger partial charge in [0.15, 0.2) is 0 Å². The molecule has 1 aromatic heterocycles. The maximum absolute atomic E-state index is 11.7. The first kappa shape index (κ1) is 22.2. The van der Waals surface area contributed by atoms with E-state index in [9.17, 15) is 9.90 Å². The normalized spacial score (nSPS) is 11.5. The fourth-order valence-corrected chi connectivity index (χ4v) is 3.74. The number of aryl methyl sites for hydroxylation is 1. The first-order valence-electron chi connectivity index (χ1n) is 9.15. The van der Waals surface area contributed by atoms with Crippen LogP contribution in [0, 0.1) is 0 Å². The van der Waals surface area contributed by atoms with Crippen molar-refractivity contribution < 1.29 is 14.6 Å². The number of ether oxygens (including phenoxy) is 1. The minimum Gasteiger partial charge on any atom is -0.489 e. The molecule has 0 aliphatic heterocycles. The Kier molecular flexibility index (Phi) is 7.79. The average Bonchev–Trinajstić information content (AvgIpc) is 3.14. The van der Waals surface area contributed by atoms with Gasteiger partial charge in [0, 0.05) is 22.0 Å². The molecule has 2 N–H and O–H groups in total. The second kappa shape index (κ2) is 10.5. The summed E-state index contributed by atoms with van der Waals surface area (Å²) in [6.45, 7) is 2.30. The molecule has 1 heterocycles. The monoisotopic (exact) mass is 463 g/mol. The molecule has 30 heavy (non-hydrogen) atoms. The van der Waals surface area contributed by atoms with Gasteiger partial charge in [-0.1, -0.05) is 48.3 Å². The summed E-state index contributed by atoms with van der Waals surface area (Å²) in [7, 11) is 0. The number of hydrogen-bond acceptors (Lipinski definition) is 5. The fraction of sp³-hybridized carbons (Fsp3) is 0.190. The van der Waals surface area contributed by atoms with E-state index >= 15 is 0 Å². The topological polar surface area (TPSA) is 88.1 Å². The van der Waals surface area contributed by atoms with Crippen molar-refractivity contribution in [1.29, 1.82) is 0 Å². The Hall–Kier alpha value is -2.48. The third kappa shape index (κ3) is 6.26. The number of nitrogens with zero attached hydrogens (tertiary/aromatic N) is 2. The number of H-pyrrole nitrogens is 1. The van der Waals surface area contributed by atoms with E-state index in [-0.39, 0.29) is 11.5 Å². The van der Waals surface area contributed by atoms with Crippen molar-refractivity contribution in [2.45, 2.75) is 31.5 Å². The Bertz CT molecular complexity index is 1070. The lowest BCUT2D eigenvalue weighted by atomic mass is 10.2. The zero-order valence-corrected chi connectivity index (χ0v) is 18.4. The van der Waals surface area contributed by atoms with Crippen LogP contribution in [-0.4, -0.2) is 26.3 Å². The molecule has 0 fully saturated rings. The smallest absolute Gasteiger partial charge is 0.342 e. The number of rotatable bonds is 9. The molecular weight excluding hydrogens is 445 g/mol. The van der Waals surface area contributed by atoms with Crippen LogP contribution in [0.2, 0.25) is 10.0 Å². The van der Waals surface area contributed by atoms with E-state index < -0.39 is 5.97 Å². The zero-order valence-electron chi connectivity index (χ0n) is 16.1. The number of carboxylic acid groups (broad SMARTS) is 1. The SMILES string of the molecule is CCCc1nc(S/C(=C\c2cccc(OCc3ccc(Cl)cc3Cl)c2)C(=O)O)n[nH]1. The standard InChI is InChI=1S/C21H19Cl2N3O3S/c1-2-4-19-24-21(26-25-19)30-18(20(27)28)10-13-5-3-6-16(9-13)29-12-14-7-8-15(22)11-17(14)23/h3,5-11H,2,4,12H2,1H3,(H,27,28)(H,24,25,26)/b18-10-. The molecule has 9 heteroatoms. The van der Waals surface area contributed by atoms with Crippen molar-refractivity contribution in [3.63, 3.8) is 0 Å². The molecule has 3 aromatic rings. The Balaban J connectivity index is 1.73. The van der Waals surface area contributed by atoms with E-state index in [0.717, 1.165) is 36.0 Å². The molecule has 3 rings (SSSR count). The average molecular weight is 464 g/mol. The van der Waals surface area contributed by atoms with E-state index in [0.29, 0.717) is 26.5 Å². The molecule has 0 saturated heterocycles. The first-order chi connectivity index (χ1) is 14.4. The highest BCUT2D eigenvalue weighted by Crippen LogP contribution is 2.27. The number of aromatic nitrogens is 3. The lowest BCUT2D eigenvalue weighted by molar-refractivity contribution is -0.131. The number of nitrogens with one attached hydrogen (secondary N) is 1. The Labute approximate surface area is 188 Å². The molecule has 156 valence electrons. The van der Waals surface area contributed by atoms with Gasteiger partial charge in [0.25, 0.3) is 0 Å². The van der Waals surface area contributed by atoms with Crippen LogP contribution in [0.4, 0.5) is 0 Å². The molecule has 0 aliphatic carbocycles. The number of benzene rings is 2. The van der Waals surface area contributed by atoms with Crippen LogP contribution in [0.5, 0.6) is 5.75 Å². The van der Waals surface area contributed by atoms with Gasteiger partial charge in [-0.15, -0.1) is 5.10 Å². The molecule has 0 saturated carbocycles. The van der Waals surface area contributed by atoms with Crippen molar-refractivity contribution in [2.24, 2.45) is 0 Å². The molecule has 6 nitrogen and oxygen atoms in total. The highest BCUT2D eigenvalue weighted by Gasteiger charge is 2.14. The minimum absolute atomic E-state index is 0.106. The highest BCUT2D eigenvalue weighted by atomic mass is 35.5. The largest absolute Gasteiger partial charge is 0.489 e. The number of aliphatic carboxylic acids is 1. The van der Waals surface area contributed by atoms with Crippen LogP contribution < -0.4 is 4.74 Å². The molecule has 0 atom stereocenters. The summed E-state index contributed by atoms with van der Waals surface area (Å²) >= 11 is 13.1. The van der Waals surface area contributed by atoms with Crippen LogP contribution in [-0.2, 0) is 17.8 Å². The van der Waals surface area contributed by atoms with Gasteiger partial charge in [-0.05, 0) is 54.1 Å². The summed E-state index contributed by atoms with van der Waals surface area (Å²) < 4.78 is 5.80. The zero-order chi connectivity index (χ0) is 21.5. The van der Waals surface area contributed by atoms with Crippen LogP contribution >= 0.6 is 35.0 Å². The summed E-state index contributed by atoms with van der Waals surface area (Å²) in [5.41, 5.74) is 1.49. The molecule has 0 bridgehead atoms. The Morgan fingerprint density at radius 2 is 2.10 bits per heavy atom. The lowest BCUT2D eigenvalue weighted by Gasteiger charge is -2.09. The van der Waals surface area contributed by atoms with Gasteiger partial charge in [0.2, 0.25) is 5.16 Å². The molecular formula is C21H19Cl2N3O3S. The Morgan fingerprint density at radius 1 is 1.27 bits per heavy atom. The van der Waals surface area contributed by atoms with E-state index in [1.54, 1.807) is 48.5 Å². The van der Waals surface area contributed by atoms with Gasteiger partial charge in [-0.25, -0.2) is 9.78 Å². The van der Waals surface area contributed by atoms with Crippen LogP contribution in [0.3, 0.4) is 0 Å². The summed E-state index contributed by atoms with van der Waals surface area (Å²) in [6.07, 6.45) is 3.25. The quantitative estimate of drug-likeness (QED) is 0.305. The fourth-order valence-electron chi connectivity index (χ4n) is 2.55. The number of carboxylic acids is 1. The minimum atomic E-state index is -1.05. The molecule has 0 aliphatic rings. The van der Waals surface area contributed by atoms with E-state index in [4.69, 9.17) is 27.9 Å². The maximum Gasteiger partial charge on any atom is 0.342 e. The first-order valence-corrected chi connectivity index (χ1v) is 10.7. The van der Waals surface area contributed by atoms with E-state index in [1.807, 2.05) is 6.92 Å². The van der Waals surface area contributed by atoms with Crippen molar-refractivity contribution >= 4 is 47.0 Å². The van der Waals surface area contributed by atoms with Crippen LogP contribution in [0.15, 0.2) is 52.5 Å². The maximum atomic E-state index is 11.7. The number of halogens is 2. The van der Waals surface area contributed by atoms with E-state index in [1.165, 1.54) is 0 Å². The van der Waals surface area contributed by atoms with Gasteiger partial charge in [-0.3, -0.25) is 5.10 Å². The van der Waals surface area contributed by atoms with Crippen LogP contribution in [0.25, 0.3) is 6.08 Å². The molecule has 0 amide bonds. The summed E-state index contributed by atoms with van der Waals surface area (Å²) in [6, 6.07) is 12.3. The van der Waals surface area contributed by atoms with Crippen molar-refractivity contribution in [3.05, 3.63) is 74.4 Å². The number of hydrogen-bond donors (Lipinski definition) is 2. The van der Waals surface area contributed by atoms with Crippen molar-refractivity contribution in [2.75, 3.05) is 0 Å². The van der Waals surface area contributed by atoms with Gasteiger partial charge < -0.3 is 9.84 Å². The number of aromatic amines is 1. The van der Waals surface area contributed by atoms with Crippen LogP contribution in [0.1, 0.15) is 30.3 Å². The predicted octanol–water partition coefficient (Wildman–Crippen LogP) is 5.86. The highest BCUT2D eigenvalue weighted by molar-refractivity contribution is 8.04. The molecule has 0 unspecified atom stereocenters. The van der Waals surface area contributed by atoms with Crippen molar-refractivity contribution in [1.82, 2.24) is 15.2 Å². The lowest BCUT2D eigenvalue weighted by Crippen LogP contribution is -1.98. The summed E-state index contributed by atoms with van der Waals surface area (Å²) in [4.78, 5) is 16.1. The second-order valence-corrected chi connectivity index (χ2v) is 8.18. The van der Waals surface area contributed by atoms with E-state index in [2.05, 4.69) is 15.2 Å². The van der Waals surface area contributed by atoms with Gasteiger partial charge in [-0.2, -0.15) is 0 Å².